The number of aromatic hydroxyl groups is 1. The third-order valence-corrected chi connectivity index (χ3v) is 5.65. The highest BCUT2D eigenvalue weighted by molar-refractivity contribution is 6.07. The van der Waals surface area contributed by atoms with Gasteiger partial charge in [0.2, 0.25) is 5.43 Å². The zero-order chi connectivity index (χ0) is 23.3. The number of nitrogens with one attached hydrogen (secondary N) is 2. The van der Waals surface area contributed by atoms with E-state index in [0.717, 1.165) is 16.7 Å². The molecule has 5 heteroatoms. The molecule has 5 nitrogen and oxygen atoms in total. The van der Waals surface area contributed by atoms with Gasteiger partial charge in [0, 0.05) is 28.4 Å². The number of H-pyrrole nitrogens is 1. The highest BCUT2D eigenvalue weighted by Gasteiger charge is 2.27. The van der Waals surface area contributed by atoms with Gasteiger partial charge in [0.15, 0.2) is 0 Å². The molecule has 0 aliphatic heterocycles. The molecule has 0 spiro atoms. The molecule has 0 radical (unpaired) electrons. The van der Waals surface area contributed by atoms with E-state index in [9.17, 15) is 14.7 Å². The summed E-state index contributed by atoms with van der Waals surface area (Å²) in [6.45, 7) is 15.8. The average molecular weight is 421 g/mol. The quantitative estimate of drug-likeness (QED) is 0.497. The summed E-state index contributed by atoms with van der Waals surface area (Å²) in [5, 5.41) is 14.1. The summed E-state index contributed by atoms with van der Waals surface area (Å²) >= 11 is 0. The van der Waals surface area contributed by atoms with Crippen molar-refractivity contribution in [3.05, 3.63) is 68.5 Å². The summed E-state index contributed by atoms with van der Waals surface area (Å²) in [7, 11) is 0. The maximum absolute atomic E-state index is 13.3. The second kappa shape index (κ2) is 7.56. The minimum atomic E-state index is -0.489. The van der Waals surface area contributed by atoms with Crippen LogP contribution in [0.2, 0.25) is 0 Å². The molecule has 3 rings (SSSR count). The molecular weight excluding hydrogens is 388 g/mol. The predicted octanol–water partition coefficient (Wildman–Crippen LogP) is 5.70. The maximum Gasteiger partial charge on any atom is 0.261 e. The first kappa shape index (κ1) is 22.6. The number of aryl methyl sites for hydroxylation is 2. The van der Waals surface area contributed by atoms with E-state index in [2.05, 4.69) is 31.1 Å². The van der Waals surface area contributed by atoms with E-state index in [4.69, 9.17) is 0 Å². The number of phenols is 1. The van der Waals surface area contributed by atoms with Crippen molar-refractivity contribution >= 4 is 22.5 Å². The lowest BCUT2D eigenvalue weighted by Crippen LogP contribution is -2.26. The van der Waals surface area contributed by atoms with Gasteiger partial charge in [-0.05, 0) is 53.5 Å². The molecule has 0 unspecified atom stereocenters. The Hall–Kier alpha value is -3.08. The van der Waals surface area contributed by atoms with Crippen LogP contribution in [0, 0.1) is 13.8 Å². The van der Waals surface area contributed by atoms with Crippen LogP contribution in [-0.4, -0.2) is 16.0 Å². The van der Waals surface area contributed by atoms with Gasteiger partial charge in [-0.2, -0.15) is 0 Å². The number of hydrogen-bond acceptors (Lipinski definition) is 3. The molecule has 2 aromatic carbocycles. The van der Waals surface area contributed by atoms with Crippen LogP contribution in [0.15, 0.2) is 35.1 Å². The fourth-order valence-electron chi connectivity index (χ4n) is 4.00. The van der Waals surface area contributed by atoms with Crippen LogP contribution in [0.1, 0.15) is 74.3 Å². The van der Waals surface area contributed by atoms with E-state index in [0.29, 0.717) is 22.3 Å². The number of phenolic OH excluding ortho intramolecular Hbond substituents is 1. The molecule has 31 heavy (non-hydrogen) atoms. The fraction of sp³-hybridized carbons (Fsp3) is 0.385. The summed E-state index contributed by atoms with van der Waals surface area (Å²) in [6, 6.07) is 9.11. The first-order valence-electron chi connectivity index (χ1n) is 10.5. The lowest BCUT2D eigenvalue weighted by molar-refractivity contribution is 0.102. The molecule has 1 heterocycles. The number of pyridine rings is 1. The number of hydrogen-bond donors (Lipinski definition) is 3. The van der Waals surface area contributed by atoms with Crippen molar-refractivity contribution in [3.63, 3.8) is 0 Å². The van der Waals surface area contributed by atoms with Gasteiger partial charge in [-0.25, -0.2) is 0 Å². The standard InChI is InChI=1S/C26H32N2O3/c1-14-10-9-11-18-21(14)23(30)22(15(2)27-18)24(31)28-19-13-20(29)17(26(6,7)8)12-16(19)25(3,4)5/h9-13,29H,1-8H3,(H,27,30)(H,28,31). The minimum Gasteiger partial charge on any atom is -0.508 e. The predicted molar refractivity (Wildman–Crippen MR) is 128 cm³/mol. The Balaban J connectivity index is 2.16. The van der Waals surface area contributed by atoms with Gasteiger partial charge in [0.05, 0.1) is 0 Å². The molecule has 0 aliphatic carbocycles. The van der Waals surface area contributed by atoms with Crippen molar-refractivity contribution in [3.8, 4) is 5.75 Å². The lowest BCUT2D eigenvalue weighted by Gasteiger charge is -2.28. The SMILES string of the molecule is Cc1[nH]c2cccc(C)c2c(=O)c1C(=O)Nc1cc(O)c(C(C)(C)C)cc1C(C)(C)C. The van der Waals surface area contributed by atoms with Crippen LogP contribution in [0.25, 0.3) is 10.9 Å². The zero-order valence-corrected chi connectivity index (χ0v) is 19.7. The Labute approximate surface area is 183 Å². The highest BCUT2D eigenvalue weighted by atomic mass is 16.3. The van der Waals surface area contributed by atoms with Crippen molar-refractivity contribution in [2.24, 2.45) is 0 Å². The summed E-state index contributed by atoms with van der Waals surface area (Å²) in [4.78, 5) is 29.7. The van der Waals surface area contributed by atoms with Crippen molar-refractivity contribution in [1.82, 2.24) is 4.98 Å². The van der Waals surface area contributed by atoms with Crippen molar-refractivity contribution in [1.29, 1.82) is 0 Å². The monoisotopic (exact) mass is 420 g/mol. The summed E-state index contributed by atoms with van der Waals surface area (Å²) < 4.78 is 0. The molecule has 3 N–H and O–H groups in total. The van der Waals surface area contributed by atoms with E-state index in [1.165, 1.54) is 0 Å². The van der Waals surface area contributed by atoms with Gasteiger partial charge < -0.3 is 15.4 Å². The molecule has 1 aromatic heterocycles. The third kappa shape index (κ3) is 4.22. The van der Waals surface area contributed by atoms with Crippen LogP contribution in [0.4, 0.5) is 5.69 Å². The summed E-state index contributed by atoms with van der Waals surface area (Å²) in [5.41, 5.74) is 3.50. The number of aromatic amines is 1. The topological polar surface area (TPSA) is 82.2 Å². The number of fused-ring (bicyclic) bond motifs is 1. The van der Waals surface area contributed by atoms with Crippen molar-refractivity contribution < 1.29 is 9.90 Å². The van der Waals surface area contributed by atoms with E-state index < -0.39 is 5.91 Å². The van der Waals surface area contributed by atoms with E-state index in [-0.39, 0.29) is 27.6 Å². The molecule has 0 aliphatic rings. The Morgan fingerprint density at radius 1 is 0.968 bits per heavy atom. The first-order chi connectivity index (χ1) is 14.2. The summed E-state index contributed by atoms with van der Waals surface area (Å²) in [6.07, 6.45) is 0. The number of rotatable bonds is 2. The van der Waals surface area contributed by atoms with E-state index in [1.54, 1.807) is 13.0 Å². The van der Waals surface area contributed by atoms with Gasteiger partial charge in [-0.3, -0.25) is 9.59 Å². The Morgan fingerprint density at radius 2 is 1.58 bits per heavy atom. The second-order valence-corrected chi connectivity index (χ2v) is 10.3. The second-order valence-electron chi connectivity index (χ2n) is 10.3. The van der Waals surface area contributed by atoms with Crippen LogP contribution in [0.5, 0.6) is 5.75 Å². The molecule has 0 atom stereocenters. The van der Waals surface area contributed by atoms with Gasteiger partial charge in [0.1, 0.15) is 11.3 Å². The molecule has 0 saturated carbocycles. The van der Waals surface area contributed by atoms with Crippen LogP contribution < -0.4 is 10.7 Å². The molecule has 0 fully saturated rings. The van der Waals surface area contributed by atoms with Gasteiger partial charge >= 0.3 is 0 Å². The number of carbonyl (C=O) groups excluding carboxylic acids is 1. The number of anilines is 1. The van der Waals surface area contributed by atoms with Crippen LogP contribution in [-0.2, 0) is 10.8 Å². The lowest BCUT2D eigenvalue weighted by atomic mass is 9.79. The van der Waals surface area contributed by atoms with Crippen molar-refractivity contribution in [2.75, 3.05) is 5.32 Å². The van der Waals surface area contributed by atoms with Crippen molar-refractivity contribution in [2.45, 2.75) is 66.2 Å². The largest absolute Gasteiger partial charge is 0.508 e. The van der Waals surface area contributed by atoms with Gasteiger partial charge in [-0.1, -0.05) is 53.7 Å². The normalized spacial score (nSPS) is 12.3. The van der Waals surface area contributed by atoms with Crippen LogP contribution >= 0.6 is 0 Å². The minimum absolute atomic E-state index is 0.0843. The molecule has 1 amide bonds. The third-order valence-electron chi connectivity index (χ3n) is 5.65. The number of aromatic nitrogens is 1. The molecular formula is C26H32N2O3. The average Bonchev–Trinajstić information content (AvgIpc) is 2.59. The van der Waals surface area contributed by atoms with Gasteiger partial charge in [-0.15, -0.1) is 0 Å². The molecule has 0 bridgehead atoms. The Kier molecular flexibility index (Phi) is 5.51. The smallest absolute Gasteiger partial charge is 0.261 e. The van der Waals surface area contributed by atoms with E-state index >= 15 is 0 Å². The Morgan fingerprint density at radius 3 is 2.16 bits per heavy atom. The first-order valence-corrected chi connectivity index (χ1v) is 10.5. The highest BCUT2D eigenvalue weighted by Crippen LogP contribution is 2.39. The van der Waals surface area contributed by atoms with E-state index in [1.807, 2.05) is 52.0 Å². The number of amides is 1. The Bertz CT molecular complexity index is 1240. The summed E-state index contributed by atoms with van der Waals surface area (Å²) in [5.74, 6) is -0.368. The van der Waals surface area contributed by atoms with Crippen LogP contribution in [0.3, 0.4) is 0 Å². The fourth-order valence-corrected chi connectivity index (χ4v) is 4.00. The number of carbonyl (C=O) groups is 1. The maximum atomic E-state index is 13.3. The molecule has 0 saturated heterocycles. The molecule has 3 aromatic rings. The van der Waals surface area contributed by atoms with Gasteiger partial charge in [0.25, 0.3) is 5.91 Å². The zero-order valence-electron chi connectivity index (χ0n) is 19.7. The molecule has 164 valence electrons. The number of benzene rings is 2.